The van der Waals surface area contributed by atoms with Crippen molar-refractivity contribution in [2.24, 2.45) is 5.41 Å². The molecule has 0 aliphatic carbocycles. The maximum absolute atomic E-state index is 13.0. The summed E-state index contributed by atoms with van der Waals surface area (Å²) in [5.41, 5.74) is -0.00513. The van der Waals surface area contributed by atoms with Crippen LogP contribution in [-0.4, -0.2) is 41.5 Å². The van der Waals surface area contributed by atoms with Crippen LogP contribution in [0.4, 0.5) is 0 Å². The summed E-state index contributed by atoms with van der Waals surface area (Å²) in [6, 6.07) is 0. The largest absolute Gasteiger partial charge is 0.332 e. The van der Waals surface area contributed by atoms with Crippen molar-refractivity contribution in [3.05, 3.63) is 24.2 Å². The first kappa shape index (κ1) is 16.2. The number of carbonyl (C=O) groups is 1. The number of nitrogens with one attached hydrogen (secondary N) is 1. The number of aromatic nitrogens is 2. The van der Waals surface area contributed by atoms with Crippen LogP contribution in [0.15, 0.2) is 23.4 Å². The van der Waals surface area contributed by atoms with Gasteiger partial charge in [-0.1, -0.05) is 6.08 Å². The van der Waals surface area contributed by atoms with Crippen LogP contribution in [-0.2, 0) is 21.4 Å². The van der Waals surface area contributed by atoms with Crippen LogP contribution in [0.3, 0.4) is 0 Å². The standard InChI is InChI=1S/C15H22N4O3S/c1-3-19-12(2)13(10-17-19)23(21,22)18-9-5-7-15(11-18)6-4-8-16-14(15)20/h4,8,10H,3,5-7,9,11H2,1-2H3,(H,16,20)/t15-/m0/s1. The second kappa shape index (κ2) is 5.76. The number of aryl methyl sites for hydroxylation is 1. The minimum Gasteiger partial charge on any atom is -0.332 e. The molecule has 0 radical (unpaired) electrons. The molecule has 1 aromatic heterocycles. The molecule has 1 atom stereocenters. The Hall–Kier alpha value is -1.67. The summed E-state index contributed by atoms with van der Waals surface area (Å²) >= 11 is 0. The highest BCUT2D eigenvalue weighted by Gasteiger charge is 2.45. The first-order valence-electron chi connectivity index (χ1n) is 7.89. The van der Waals surface area contributed by atoms with Gasteiger partial charge in [-0.05, 0) is 39.3 Å². The average Bonchev–Trinajstić information content (AvgIpc) is 2.92. The molecule has 3 heterocycles. The Morgan fingerprint density at radius 1 is 1.43 bits per heavy atom. The number of sulfonamides is 1. The third-order valence-corrected chi connectivity index (χ3v) is 6.79. The van der Waals surface area contributed by atoms with Crippen molar-refractivity contribution in [1.82, 2.24) is 19.4 Å². The molecule has 0 saturated carbocycles. The fourth-order valence-corrected chi connectivity index (χ4v) is 5.18. The van der Waals surface area contributed by atoms with Gasteiger partial charge in [-0.3, -0.25) is 9.48 Å². The van der Waals surface area contributed by atoms with Crippen LogP contribution in [0.25, 0.3) is 0 Å². The summed E-state index contributed by atoms with van der Waals surface area (Å²) in [5, 5.41) is 6.86. The predicted octanol–water partition coefficient (Wildman–Crippen LogP) is 1.02. The summed E-state index contributed by atoms with van der Waals surface area (Å²) < 4.78 is 29.1. The second-order valence-corrected chi connectivity index (χ2v) is 8.12. The Bertz CT molecular complexity index is 753. The van der Waals surface area contributed by atoms with Crippen LogP contribution < -0.4 is 5.32 Å². The monoisotopic (exact) mass is 338 g/mol. The van der Waals surface area contributed by atoms with Crippen molar-refractivity contribution in [2.45, 2.75) is 44.6 Å². The number of piperidine rings is 1. The number of hydrogen-bond donors (Lipinski definition) is 1. The number of nitrogens with zero attached hydrogens (tertiary/aromatic N) is 3. The number of hydrogen-bond acceptors (Lipinski definition) is 4. The fourth-order valence-electron chi connectivity index (χ4n) is 3.45. The lowest BCUT2D eigenvalue weighted by atomic mass is 9.76. The summed E-state index contributed by atoms with van der Waals surface area (Å²) in [5.74, 6) is -0.0825. The summed E-state index contributed by atoms with van der Waals surface area (Å²) in [6.07, 6.45) is 6.92. The molecule has 23 heavy (non-hydrogen) atoms. The third-order valence-electron chi connectivity index (χ3n) is 4.84. The van der Waals surface area contributed by atoms with Crippen molar-refractivity contribution in [3.63, 3.8) is 0 Å². The van der Waals surface area contributed by atoms with E-state index in [0.29, 0.717) is 38.0 Å². The van der Waals surface area contributed by atoms with Crippen molar-refractivity contribution in [3.8, 4) is 0 Å². The zero-order valence-corrected chi connectivity index (χ0v) is 14.3. The highest BCUT2D eigenvalue weighted by Crippen LogP contribution is 2.38. The molecule has 0 unspecified atom stereocenters. The van der Waals surface area contributed by atoms with Gasteiger partial charge in [0.1, 0.15) is 4.90 Å². The lowest BCUT2D eigenvalue weighted by Gasteiger charge is -2.41. The molecule has 1 N–H and O–H groups in total. The molecule has 1 amide bonds. The Morgan fingerprint density at radius 3 is 2.87 bits per heavy atom. The van der Waals surface area contributed by atoms with Crippen LogP contribution in [0.1, 0.15) is 31.9 Å². The number of carbonyl (C=O) groups excluding carboxylic acids is 1. The summed E-state index contributed by atoms with van der Waals surface area (Å²) in [4.78, 5) is 12.5. The minimum atomic E-state index is -3.63. The zero-order valence-electron chi connectivity index (χ0n) is 13.4. The van der Waals surface area contributed by atoms with Crippen LogP contribution in [0.5, 0.6) is 0 Å². The van der Waals surface area contributed by atoms with Crippen LogP contribution in [0, 0.1) is 12.3 Å². The predicted molar refractivity (Wildman–Crippen MR) is 85.0 cm³/mol. The van der Waals surface area contributed by atoms with E-state index < -0.39 is 15.4 Å². The SMILES string of the molecule is CCn1ncc(S(=O)(=O)N2CCC[C@@]3(CC=CNC3=O)C2)c1C. The minimum absolute atomic E-state index is 0.0825. The van der Waals surface area contributed by atoms with Crippen LogP contribution in [0.2, 0.25) is 0 Å². The van der Waals surface area contributed by atoms with E-state index in [4.69, 9.17) is 0 Å². The van der Waals surface area contributed by atoms with Gasteiger partial charge in [-0.25, -0.2) is 8.42 Å². The van der Waals surface area contributed by atoms with E-state index in [1.165, 1.54) is 10.5 Å². The molecule has 1 spiro atoms. The van der Waals surface area contributed by atoms with E-state index in [2.05, 4.69) is 10.4 Å². The van der Waals surface area contributed by atoms with Gasteiger partial charge < -0.3 is 5.32 Å². The molecule has 126 valence electrons. The molecule has 2 aliphatic rings. The Labute approximate surface area is 136 Å². The number of allylic oxidation sites excluding steroid dienone is 1. The van der Waals surface area contributed by atoms with E-state index in [0.717, 1.165) is 0 Å². The van der Waals surface area contributed by atoms with Crippen LogP contribution >= 0.6 is 0 Å². The Balaban J connectivity index is 1.92. The highest BCUT2D eigenvalue weighted by molar-refractivity contribution is 7.89. The third kappa shape index (κ3) is 2.59. The highest BCUT2D eigenvalue weighted by atomic mass is 32.2. The summed E-state index contributed by atoms with van der Waals surface area (Å²) in [7, 11) is -3.63. The lowest BCUT2D eigenvalue weighted by molar-refractivity contribution is -0.132. The van der Waals surface area contributed by atoms with Crippen molar-refractivity contribution < 1.29 is 13.2 Å². The number of rotatable bonds is 3. The van der Waals surface area contributed by atoms with Crippen molar-refractivity contribution in [2.75, 3.05) is 13.1 Å². The first-order valence-corrected chi connectivity index (χ1v) is 9.33. The Kier molecular flexibility index (Phi) is 4.05. The smallest absolute Gasteiger partial charge is 0.246 e. The van der Waals surface area contributed by atoms with Gasteiger partial charge in [-0.15, -0.1) is 0 Å². The van der Waals surface area contributed by atoms with Crippen molar-refractivity contribution in [1.29, 1.82) is 0 Å². The van der Waals surface area contributed by atoms with E-state index in [9.17, 15) is 13.2 Å². The molecular formula is C15H22N4O3S. The molecule has 1 saturated heterocycles. The number of amides is 1. The topological polar surface area (TPSA) is 84.3 Å². The van der Waals surface area contributed by atoms with Gasteiger partial charge in [0.15, 0.2) is 0 Å². The fraction of sp³-hybridized carbons (Fsp3) is 0.600. The molecule has 8 heteroatoms. The van der Waals surface area contributed by atoms with Gasteiger partial charge in [0.05, 0.1) is 17.3 Å². The molecule has 0 aromatic carbocycles. The van der Waals surface area contributed by atoms with Gasteiger partial charge >= 0.3 is 0 Å². The maximum Gasteiger partial charge on any atom is 0.246 e. The van der Waals surface area contributed by atoms with E-state index in [-0.39, 0.29) is 17.3 Å². The molecule has 1 fully saturated rings. The molecule has 3 rings (SSSR count). The molecule has 2 aliphatic heterocycles. The van der Waals surface area contributed by atoms with Gasteiger partial charge in [0.2, 0.25) is 15.9 Å². The molecule has 7 nitrogen and oxygen atoms in total. The summed E-state index contributed by atoms with van der Waals surface area (Å²) in [6.45, 7) is 4.97. The van der Waals surface area contributed by atoms with E-state index >= 15 is 0 Å². The normalized spacial score (nSPS) is 25.7. The van der Waals surface area contributed by atoms with Gasteiger partial charge in [-0.2, -0.15) is 9.40 Å². The molecule has 1 aromatic rings. The quantitative estimate of drug-likeness (QED) is 0.892. The Morgan fingerprint density at radius 2 is 2.22 bits per heavy atom. The molecule has 0 bridgehead atoms. The molecular weight excluding hydrogens is 316 g/mol. The first-order chi connectivity index (χ1) is 10.9. The van der Waals surface area contributed by atoms with Gasteiger partial charge in [0.25, 0.3) is 0 Å². The van der Waals surface area contributed by atoms with Crippen molar-refractivity contribution >= 4 is 15.9 Å². The zero-order chi connectivity index (χ0) is 16.7. The second-order valence-electron chi connectivity index (χ2n) is 6.21. The van der Waals surface area contributed by atoms with E-state index in [1.807, 2.05) is 13.0 Å². The van der Waals surface area contributed by atoms with E-state index in [1.54, 1.807) is 17.8 Å². The maximum atomic E-state index is 13.0. The lowest BCUT2D eigenvalue weighted by Crippen LogP contribution is -2.53. The average molecular weight is 338 g/mol. The van der Waals surface area contributed by atoms with Gasteiger partial charge in [0, 0.05) is 19.6 Å².